The van der Waals surface area contributed by atoms with E-state index in [9.17, 15) is 19.7 Å². The van der Waals surface area contributed by atoms with Gasteiger partial charge in [-0.1, -0.05) is 17.7 Å². The van der Waals surface area contributed by atoms with Gasteiger partial charge in [0.2, 0.25) is 5.91 Å². The van der Waals surface area contributed by atoms with Crippen molar-refractivity contribution >= 4 is 34.9 Å². The Bertz CT molecular complexity index is 658. The Morgan fingerprint density at radius 1 is 1.48 bits per heavy atom. The fraction of sp³-hybridized carbons (Fsp3) is 0.250. The lowest BCUT2D eigenvalue weighted by Crippen LogP contribution is -2.34. The maximum atomic E-state index is 11.8. The summed E-state index contributed by atoms with van der Waals surface area (Å²) in [6.07, 6.45) is 0.0265. The molecule has 0 aromatic heterocycles. The molecule has 0 unspecified atom stereocenters. The monoisotopic (exact) mass is 311 g/mol. The zero-order valence-corrected chi connectivity index (χ0v) is 11.4. The maximum Gasteiger partial charge on any atom is 0.352 e. The van der Waals surface area contributed by atoms with Gasteiger partial charge in [-0.25, -0.2) is 9.80 Å². The number of nitrogens with zero attached hydrogens (tertiary/aromatic N) is 3. The molecule has 0 fully saturated rings. The van der Waals surface area contributed by atoms with Crippen LogP contribution in [0.5, 0.6) is 0 Å². The van der Waals surface area contributed by atoms with Gasteiger partial charge in [0.25, 0.3) is 5.69 Å². The molecule has 2 rings (SSSR count). The zero-order valence-electron chi connectivity index (χ0n) is 10.7. The van der Waals surface area contributed by atoms with Gasteiger partial charge in [0.15, 0.2) is 0 Å². The van der Waals surface area contributed by atoms with Crippen LogP contribution in [0.3, 0.4) is 0 Å². The number of hydrogen-bond acceptors (Lipinski definition) is 5. The highest BCUT2D eigenvalue weighted by atomic mass is 35.5. The van der Waals surface area contributed by atoms with Gasteiger partial charge in [-0.05, 0) is 6.07 Å². The summed E-state index contributed by atoms with van der Waals surface area (Å²) < 4.78 is 0. The van der Waals surface area contributed by atoms with E-state index in [2.05, 4.69) is 5.10 Å². The van der Waals surface area contributed by atoms with Crippen LogP contribution in [0.1, 0.15) is 18.4 Å². The van der Waals surface area contributed by atoms with E-state index >= 15 is 0 Å². The van der Waals surface area contributed by atoms with Crippen LogP contribution in [0.4, 0.5) is 5.69 Å². The molecular weight excluding hydrogens is 302 g/mol. The number of nitro benzene ring substituents is 1. The summed E-state index contributed by atoms with van der Waals surface area (Å²) in [6, 6.07) is 4.14. The fourth-order valence-corrected chi connectivity index (χ4v) is 2.13. The van der Waals surface area contributed by atoms with Gasteiger partial charge in [0.05, 0.1) is 22.1 Å². The molecule has 0 atom stereocenters. The minimum atomic E-state index is -1.22. The van der Waals surface area contributed by atoms with Crippen molar-refractivity contribution in [2.45, 2.75) is 19.4 Å². The molecule has 0 bridgehead atoms. The largest absolute Gasteiger partial charge is 0.477 e. The normalized spacial score (nSPS) is 14.8. The van der Waals surface area contributed by atoms with Crippen LogP contribution in [-0.4, -0.2) is 32.6 Å². The lowest BCUT2D eigenvalue weighted by atomic mass is 10.1. The van der Waals surface area contributed by atoms with E-state index in [-0.39, 0.29) is 41.4 Å². The smallest absolute Gasteiger partial charge is 0.352 e. The van der Waals surface area contributed by atoms with E-state index in [4.69, 9.17) is 16.7 Å². The summed E-state index contributed by atoms with van der Waals surface area (Å²) in [5.41, 5.74) is -0.287. The molecule has 1 aliphatic heterocycles. The average Bonchev–Trinajstić information content (AvgIpc) is 2.42. The standard InChI is InChI=1S/C12H10ClN3O5/c13-8-2-1-3-10(16(20)21)7(8)6-15-11(17)5-4-9(14-15)12(18)19/h1-3H,4-6H2,(H,18,19). The van der Waals surface area contributed by atoms with Crippen LogP contribution in [0, 0.1) is 10.1 Å². The van der Waals surface area contributed by atoms with Gasteiger partial charge in [-0.3, -0.25) is 14.9 Å². The first-order valence-corrected chi connectivity index (χ1v) is 6.31. The summed E-state index contributed by atoms with van der Waals surface area (Å²) in [5.74, 6) is -1.63. The lowest BCUT2D eigenvalue weighted by molar-refractivity contribution is -0.385. The van der Waals surface area contributed by atoms with E-state index in [0.29, 0.717) is 0 Å². The Morgan fingerprint density at radius 2 is 2.19 bits per heavy atom. The molecule has 1 heterocycles. The van der Waals surface area contributed by atoms with Crippen molar-refractivity contribution in [3.63, 3.8) is 0 Å². The number of aliphatic carboxylic acids is 1. The molecule has 110 valence electrons. The highest BCUT2D eigenvalue weighted by Gasteiger charge is 2.27. The Labute approximate surface area is 123 Å². The molecule has 0 saturated heterocycles. The van der Waals surface area contributed by atoms with E-state index in [0.717, 1.165) is 5.01 Å². The first-order chi connectivity index (χ1) is 9.90. The average molecular weight is 312 g/mol. The number of carboxylic acid groups (broad SMARTS) is 1. The van der Waals surface area contributed by atoms with Gasteiger partial charge in [0, 0.05) is 18.9 Å². The summed E-state index contributed by atoms with van der Waals surface area (Å²) in [6.45, 7) is -0.244. The van der Waals surface area contributed by atoms with Crippen LogP contribution < -0.4 is 0 Å². The number of carbonyl (C=O) groups is 2. The number of amides is 1. The van der Waals surface area contributed by atoms with Crippen LogP contribution in [0.15, 0.2) is 23.3 Å². The molecule has 0 radical (unpaired) electrons. The minimum absolute atomic E-state index is 0.0105. The summed E-state index contributed by atoms with van der Waals surface area (Å²) >= 11 is 5.93. The number of carbonyl (C=O) groups excluding carboxylic acids is 1. The summed E-state index contributed by atoms with van der Waals surface area (Å²) in [4.78, 5) is 33.0. The van der Waals surface area contributed by atoms with E-state index < -0.39 is 16.8 Å². The van der Waals surface area contributed by atoms with Crippen molar-refractivity contribution in [1.82, 2.24) is 5.01 Å². The first-order valence-electron chi connectivity index (χ1n) is 5.93. The van der Waals surface area contributed by atoms with Crippen LogP contribution in [-0.2, 0) is 16.1 Å². The van der Waals surface area contributed by atoms with Crippen molar-refractivity contribution in [3.8, 4) is 0 Å². The van der Waals surface area contributed by atoms with Gasteiger partial charge in [-0.2, -0.15) is 5.10 Å². The third kappa shape index (κ3) is 3.16. The second-order valence-electron chi connectivity index (χ2n) is 4.30. The number of carboxylic acids is 1. The molecule has 0 saturated carbocycles. The number of nitro groups is 1. The number of halogens is 1. The highest BCUT2D eigenvalue weighted by molar-refractivity contribution is 6.36. The predicted octanol–water partition coefficient (Wildman–Crippen LogP) is 1.81. The highest BCUT2D eigenvalue weighted by Crippen LogP contribution is 2.28. The van der Waals surface area contributed by atoms with Crippen molar-refractivity contribution in [2.24, 2.45) is 5.10 Å². The SMILES string of the molecule is O=C(O)C1=NN(Cc2c(Cl)cccc2[N+](=O)[O-])C(=O)CC1. The van der Waals surface area contributed by atoms with Crippen LogP contribution >= 0.6 is 11.6 Å². The van der Waals surface area contributed by atoms with Crippen LogP contribution in [0.2, 0.25) is 5.02 Å². The Balaban J connectivity index is 2.37. The van der Waals surface area contributed by atoms with Gasteiger partial charge >= 0.3 is 5.97 Å². The molecule has 1 aromatic rings. The number of hydrogen-bond donors (Lipinski definition) is 1. The predicted molar refractivity (Wildman–Crippen MR) is 73.0 cm³/mol. The molecule has 1 amide bonds. The number of benzene rings is 1. The second kappa shape index (κ2) is 5.88. The summed E-state index contributed by atoms with van der Waals surface area (Å²) in [5, 5.41) is 24.6. The van der Waals surface area contributed by atoms with Crippen LogP contribution in [0.25, 0.3) is 0 Å². The lowest BCUT2D eigenvalue weighted by Gasteiger charge is -2.22. The first kappa shape index (κ1) is 14.9. The zero-order chi connectivity index (χ0) is 15.6. The topological polar surface area (TPSA) is 113 Å². The molecule has 8 nitrogen and oxygen atoms in total. The number of hydrazone groups is 1. The van der Waals surface area contributed by atoms with E-state index in [1.807, 2.05) is 0 Å². The van der Waals surface area contributed by atoms with Gasteiger partial charge < -0.3 is 5.11 Å². The maximum absolute atomic E-state index is 11.8. The van der Waals surface area contributed by atoms with Crippen molar-refractivity contribution < 1.29 is 19.6 Å². The second-order valence-corrected chi connectivity index (χ2v) is 4.71. The van der Waals surface area contributed by atoms with Crippen molar-refractivity contribution in [1.29, 1.82) is 0 Å². The summed E-state index contributed by atoms with van der Waals surface area (Å²) in [7, 11) is 0. The quantitative estimate of drug-likeness (QED) is 0.673. The molecule has 1 N–H and O–H groups in total. The molecule has 21 heavy (non-hydrogen) atoms. The van der Waals surface area contributed by atoms with E-state index in [1.165, 1.54) is 18.2 Å². The molecular formula is C12H10ClN3O5. The number of rotatable bonds is 4. The third-order valence-electron chi connectivity index (χ3n) is 2.95. The Kier molecular flexibility index (Phi) is 4.18. The van der Waals surface area contributed by atoms with Crippen molar-refractivity contribution in [2.75, 3.05) is 0 Å². The molecule has 0 aliphatic carbocycles. The Hall–Kier alpha value is -2.48. The molecule has 0 spiro atoms. The van der Waals surface area contributed by atoms with E-state index in [1.54, 1.807) is 0 Å². The van der Waals surface area contributed by atoms with Crippen molar-refractivity contribution in [3.05, 3.63) is 38.9 Å². The van der Waals surface area contributed by atoms with Gasteiger partial charge in [0.1, 0.15) is 5.71 Å². The minimum Gasteiger partial charge on any atom is -0.477 e. The molecule has 1 aromatic carbocycles. The Morgan fingerprint density at radius 3 is 2.81 bits per heavy atom. The van der Waals surface area contributed by atoms with Gasteiger partial charge in [-0.15, -0.1) is 0 Å². The third-order valence-corrected chi connectivity index (χ3v) is 3.30. The fourth-order valence-electron chi connectivity index (χ4n) is 1.90. The molecule has 9 heteroatoms. The molecule has 1 aliphatic rings.